The van der Waals surface area contributed by atoms with E-state index in [2.05, 4.69) is 0 Å². The van der Waals surface area contributed by atoms with E-state index in [-0.39, 0.29) is 38.1 Å². The van der Waals surface area contributed by atoms with Crippen molar-refractivity contribution in [2.24, 2.45) is 5.92 Å². The highest BCUT2D eigenvalue weighted by Crippen LogP contribution is 2.56. The van der Waals surface area contributed by atoms with Crippen molar-refractivity contribution in [3.63, 3.8) is 0 Å². The number of benzene rings is 3. The molecule has 0 aromatic heterocycles. The Balaban J connectivity index is 1.17. The molecule has 2 fully saturated rings. The van der Waals surface area contributed by atoms with Gasteiger partial charge in [-0.05, 0) is 18.2 Å². The number of hydrogen-bond acceptors (Lipinski definition) is 14. The first-order chi connectivity index (χ1) is 23.4. The van der Waals surface area contributed by atoms with Crippen LogP contribution in [0.4, 0.5) is 0 Å². The number of fused-ring (bicyclic) bond motifs is 3. The molecule has 14 heteroatoms. The van der Waals surface area contributed by atoms with Gasteiger partial charge in [-0.2, -0.15) is 0 Å². The second-order valence-corrected chi connectivity index (χ2v) is 11.6. The van der Waals surface area contributed by atoms with Crippen molar-refractivity contribution < 1.29 is 66.7 Å². The third-order valence-corrected chi connectivity index (χ3v) is 9.07. The van der Waals surface area contributed by atoms with Crippen molar-refractivity contribution in [2.75, 3.05) is 69.3 Å². The standard InChI is InChI=1S/C34H38O14/c1-36-14-27-28(17-7-8-20(37-2)22(9-17)39-4)47-24-11-21(38-3)18(10-23(24)46-27)29-19-13-42-33(34(19,35)15-43-29)48-31-25(40-5)12-26-30(32(31)41-6)45-16-44-26/h7-12,19,27-29,33,35H,13-16H2,1-6H3/t19-,27+,28+,29-,33-,34-/m1/s1. The first kappa shape index (κ1) is 32.1. The third kappa shape index (κ3) is 5.19. The van der Waals surface area contributed by atoms with Gasteiger partial charge in [-0.1, -0.05) is 6.07 Å². The molecule has 0 amide bonds. The Morgan fingerprint density at radius 2 is 1.48 bits per heavy atom. The van der Waals surface area contributed by atoms with Gasteiger partial charge in [0.05, 0.1) is 67.4 Å². The normalized spacial score (nSPS) is 26.5. The summed E-state index contributed by atoms with van der Waals surface area (Å²) in [5.74, 6) is 3.70. The fraction of sp³-hybridized carbons (Fsp3) is 0.471. The first-order valence-corrected chi connectivity index (χ1v) is 15.3. The molecule has 0 bridgehead atoms. The van der Waals surface area contributed by atoms with E-state index < -0.39 is 36.1 Å². The van der Waals surface area contributed by atoms with Crippen LogP contribution in [-0.4, -0.2) is 92.4 Å². The van der Waals surface area contributed by atoms with Crippen molar-refractivity contribution in [3.8, 4) is 57.5 Å². The van der Waals surface area contributed by atoms with Crippen LogP contribution in [0.3, 0.4) is 0 Å². The maximum absolute atomic E-state index is 12.0. The van der Waals surface area contributed by atoms with E-state index in [1.54, 1.807) is 40.6 Å². The Morgan fingerprint density at radius 1 is 0.729 bits per heavy atom. The number of aliphatic hydroxyl groups is 1. The molecule has 6 atom stereocenters. The van der Waals surface area contributed by atoms with Crippen LogP contribution in [0.25, 0.3) is 0 Å². The Hall–Kier alpha value is -4.50. The first-order valence-electron chi connectivity index (χ1n) is 15.3. The second kappa shape index (κ2) is 12.8. The predicted molar refractivity (Wildman–Crippen MR) is 165 cm³/mol. The summed E-state index contributed by atoms with van der Waals surface area (Å²) >= 11 is 0. The molecule has 4 heterocycles. The summed E-state index contributed by atoms with van der Waals surface area (Å²) < 4.78 is 76.1. The minimum atomic E-state index is -1.54. The summed E-state index contributed by atoms with van der Waals surface area (Å²) in [7, 11) is 9.29. The van der Waals surface area contributed by atoms with E-state index in [1.165, 1.54) is 14.2 Å². The van der Waals surface area contributed by atoms with Gasteiger partial charge in [0.2, 0.25) is 30.3 Å². The highest BCUT2D eigenvalue weighted by atomic mass is 16.7. The summed E-state index contributed by atoms with van der Waals surface area (Å²) in [6.07, 6.45) is -2.76. The van der Waals surface area contributed by atoms with Gasteiger partial charge < -0.3 is 66.7 Å². The average molecular weight is 671 g/mol. The molecule has 0 radical (unpaired) electrons. The Labute approximate surface area is 277 Å². The van der Waals surface area contributed by atoms with Crippen LogP contribution in [0.5, 0.6) is 57.5 Å². The van der Waals surface area contributed by atoms with E-state index >= 15 is 0 Å². The van der Waals surface area contributed by atoms with Crippen molar-refractivity contribution in [3.05, 3.63) is 47.5 Å². The van der Waals surface area contributed by atoms with Gasteiger partial charge in [0, 0.05) is 30.4 Å². The van der Waals surface area contributed by atoms with E-state index in [4.69, 9.17) is 61.6 Å². The SMILES string of the molecule is COC[C@@H]1Oc2cc([C@H]3OC[C@]4(O)[C@@H](Oc5c(OC)cc6c(c5OC)OCO6)OC[C@H]34)c(OC)cc2O[C@H]1c1ccc(OC)c(OC)c1. The monoisotopic (exact) mass is 670 g/mol. The number of methoxy groups -OCH3 is 6. The maximum atomic E-state index is 12.0. The average Bonchev–Trinajstić information content (AvgIpc) is 3.80. The molecule has 0 aliphatic carbocycles. The lowest BCUT2D eigenvalue weighted by atomic mass is 9.85. The highest BCUT2D eigenvalue weighted by molar-refractivity contribution is 5.66. The van der Waals surface area contributed by atoms with Gasteiger partial charge in [0.1, 0.15) is 5.75 Å². The van der Waals surface area contributed by atoms with Crippen LogP contribution in [-0.2, 0) is 14.2 Å². The van der Waals surface area contributed by atoms with Crippen molar-refractivity contribution in [1.29, 1.82) is 0 Å². The second-order valence-electron chi connectivity index (χ2n) is 11.6. The lowest BCUT2D eigenvalue weighted by Crippen LogP contribution is -2.47. The van der Waals surface area contributed by atoms with E-state index in [9.17, 15) is 5.11 Å². The van der Waals surface area contributed by atoms with Crippen molar-refractivity contribution in [1.82, 2.24) is 0 Å². The van der Waals surface area contributed by atoms with Crippen LogP contribution >= 0.6 is 0 Å². The molecular weight excluding hydrogens is 632 g/mol. The molecule has 7 rings (SSSR count). The van der Waals surface area contributed by atoms with Gasteiger partial charge >= 0.3 is 0 Å². The van der Waals surface area contributed by atoms with Gasteiger partial charge in [-0.15, -0.1) is 0 Å². The lowest BCUT2D eigenvalue weighted by Gasteiger charge is -2.35. The smallest absolute Gasteiger partial charge is 0.232 e. The van der Waals surface area contributed by atoms with Crippen LogP contribution < -0.4 is 47.4 Å². The third-order valence-electron chi connectivity index (χ3n) is 9.07. The van der Waals surface area contributed by atoms with Crippen molar-refractivity contribution in [2.45, 2.75) is 30.2 Å². The van der Waals surface area contributed by atoms with Crippen LogP contribution in [0.2, 0.25) is 0 Å². The summed E-state index contributed by atoms with van der Waals surface area (Å²) in [6.45, 7) is 0.335. The molecule has 258 valence electrons. The number of hydrogen-bond donors (Lipinski definition) is 1. The largest absolute Gasteiger partial charge is 0.496 e. The Bertz CT molecular complexity index is 1660. The molecule has 3 aromatic carbocycles. The Kier molecular flexibility index (Phi) is 8.58. The molecular formula is C34H38O14. The molecule has 0 spiro atoms. The van der Waals surface area contributed by atoms with Crippen molar-refractivity contribution >= 4 is 0 Å². The summed E-state index contributed by atoms with van der Waals surface area (Å²) in [5.41, 5.74) is -0.0617. The van der Waals surface area contributed by atoms with E-state index in [0.29, 0.717) is 51.6 Å². The molecule has 3 aromatic rings. The minimum Gasteiger partial charge on any atom is -0.496 e. The predicted octanol–water partition coefficient (Wildman–Crippen LogP) is 3.84. The molecule has 0 saturated carbocycles. The van der Waals surface area contributed by atoms with Crippen LogP contribution in [0.15, 0.2) is 36.4 Å². The molecule has 1 N–H and O–H groups in total. The zero-order valence-corrected chi connectivity index (χ0v) is 27.4. The van der Waals surface area contributed by atoms with E-state index in [0.717, 1.165) is 5.56 Å². The summed E-state index contributed by atoms with van der Waals surface area (Å²) in [5, 5.41) is 12.0. The number of ether oxygens (including phenoxy) is 13. The van der Waals surface area contributed by atoms with Crippen LogP contribution in [0.1, 0.15) is 23.3 Å². The maximum Gasteiger partial charge on any atom is 0.232 e. The van der Waals surface area contributed by atoms with Crippen LogP contribution in [0, 0.1) is 5.92 Å². The minimum absolute atomic E-state index is 0.0280. The molecule has 0 unspecified atom stereocenters. The highest BCUT2D eigenvalue weighted by Gasteiger charge is 2.61. The van der Waals surface area contributed by atoms with E-state index in [1.807, 2.05) is 24.3 Å². The van der Waals surface area contributed by atoms with Gasteiger partial charge in [0.25, 0.3) is 0 Å². The Morgan fingerprint density at radius 3 is 2.21 bits per heavy atom. The summed E-state index contributed by atoms with van der Waals surface area (Å²) in [6, 6.07) is 10.8. The quantitative estimate of drug-likeness (QED) is 0.316. The topological polar surface area (TPSA) is 140 Å². The molecule has 2 saturated heterocycles. The molecule has 4 aliphatic heterocycles. The lowest BCUT2D eigenvalue weighted by molar-refractivity contribution is -0.153. The number of rotatable bonds is 11. The summed E-state index contributed by atoms with van der Waals surface area (Å²) in [4.78, 5) is 0. The zero-order chi connectivity index (χ0) is 33.6. The molecule has 14 nitrogen and oxygen atoms in total. The molecule has 48 heavy (non-hydrogen) atoms. The zero-order valence-electron chi connectivity index (χ0n) is 27.4. The van der Waals surface area contributed by atoms with Gasteiger partial charge in [0.15, 0.2) is 52.3 Å². The van der Waals surface area contributed by atoms with Gasteiger partial charge in [-0.25, -0.2) is 0 Å². The van der Waals surface area contributed by atoms with Gasteiger partial charge in [-0.3, -0.25) is 0 Å². The fourth-order valence-corrected chi connectivity index (χ4v) is 6.67. The molecule has 4 aliphatic rings. The fourth-order valence-electron chi connectivity index (χ4n) is 6.67.